The molecule has 0 aromatic heterocycles. The summed E-state index contributed by atoms with van der Waals surface area (Å²) < 4.78 is 13.2. The normalized spacial score (nSPS) is 24.7. The van der Waals surface area contributed by atoms with Crippen molar-refractivity contribution >= 4 is 24.0 Å². The van der Waals surface area contributed by atoms with Crippen molar-refractivity contribution in [3.8, 4) is 0 Å². The molecule has 1 fully saturated rings. The van der Waals surface area contributed by atoms with Gasteiger partial charge in [-0.15, -0.1) is 12.4 Å². The Morgan fingerprint density at radius 2 is 2.11 bits per heavy atom. The summed E-state index contributed by atoms with van der Waals surface area (Å²) in [5.74, 6) is -0.261. The summed E-state index contributed by atoms with van der Waals surface area (Å²) in [7, 11) is 0. The molecule has 5 heteroatoms. The first-order valence-corrected chi connectivity index (χ1v) is 6.35. The number of rotatable bonds is 2. The summed E-state index contributed by atoms with van der Waals surface area (Å²) in [5, 5.41) is 3.90. The van der Waals surface area contributed by atoms with Gasteiger partial charge in [-0.2, -0.15) is 0 Å². The molecule has 1 aromatic rings. The Morgan fingerprint density at radius 3 is 2.78 bits per heavy atom. The van der Waals surface area contributed by atoms with E-state index >= 15 is 0 Å². The number of halogens is 3. The molecule has 0 saturated carbocycles. The zero-order valence-corrected chi connectivity index (χ0v) is 12.2. The van der Waals surface area contributed by atoms with Crippen LogP contribution in [0.25, 0.3) is 0 Å². The van der Waals surface area contributed by atoms with Crippen molar-refractivity contribution in [1.82, 2.24) is 10.2 Å². The molecule has 18 heavy (non-hydrogen) atoms. The van der Waals surface area contributed by atoms with Crippen LogP contribution in [-0.2, 0) is 6.54 Å². The minimum Gasteiger partial charge on any atom is -0.311 e. The van der Waals surface area contributed by atoms with E-state index in [2.05, 4.69) is 24.1 Å². The average Bonchev–Trinajstić information content (AvgIpc) is 2.22. The molecule has 102 valence electrons. The molecule has 2 rings (SSSR count). The second-order valence-electron chi connectivity index (χ2n) is 4.87. The highest BCUT2D eigenvalue weighted by Crippen LogP contribution is 2.18. The van der Waals surface area contributed by atoms with Crippen LogP contribution in [0.5, 0.6) is 0 Å². The van der Waals surface area contributed by atoms with Gasteiger partial charge in [-0.1, -0.05) is 11.6 Å². The van der Waals surface area contributed by atoms with Gasteiger partial charge in [-0.3, -0.25) is 4.90 Å². The van der Waals surface area contributed by atoms with Gasteiger partial charge in [0.05, 0.1) is 0 Å². The van der Waals surface area contributed by atoms with Crippen LogP contribution in [0, 0.1) is 5.82 Å². The molecule has 0 bridgehead atoms. The fourth-order valence-electron chi connectivity index (χ4n) is 2.25. The summed E-state index contributed by atoms with van der Waals surface area (Å²) in [5.41, 5.74) is 0.941. The van der Waals surface area contributed by atoms with Gasteiger partial charge >= 0.3 is 0 Å². The molecule has 0 radical (unpaired) electrons. The minimum atomic E-state index is -0.261. The second kappa shape index (κ2) is 6.71. The van der Waals surface area contributed by atoms with Crippen molar-refractivity contribution in [1.29, 1.82) is 0 Å². The molecule has 1 heterocycles. The Bertz CT molecular complexity index is 380. The zero-order valence-electron chi connectivity index (χ0n) is 10.6. The Labute approximate surface area is 119 Å². The van der Waals surface area contributed by atoms with Gasteiger partial charge in [0.1, 0.15) is 5.82 Å². The molecule has 2 unspecified atom stereocenters. The summed E-state index contributed by atoms with van der Waals surface area (Å²) in [4.78, 5) is 2.35. The van der Waals surface area contributed by atoms with Crippen molar-refractivity contribution in [3.05, 3.63) is 34.6 Å². The third-order valence-electron chi connectivity index (χ3n) is 3.20. The molecule has 0 spiro atoms. The first-order valence-electron chi connectivity index (χ1n) is 5.97. The van der Waals surface area contributed by atoms with Crippen molar-refractivity contribution in [2.75, 3.05) is 13.1 Å². The van der Waals surface area contributed by atoms with E-state index < -0.39 is 0 Å². The van der Waals surface area contributed by atoms with Gasteiger partial charge < -0.3 is 5.32 Å². The fourth-order valence-corrected chi connectivity index (χ4v) is 2.50. The van der Waals surface area contributed by atoms with Crippen LogP contribution >= 0.6 is 24.0 Å². The quantitative estimate of drug-likeness (QED) is 0.901. The van der Waals surface area contributed by atoms with Crippen LogP contribution < -0.4 is 5.32 Å². The number of nitrogens with zero attached hydrogens (tertiary/aromatic N) is 1. The third-order valence-corrected chi connectivity index (χ3v) is 3.42. The lowest BCUT2D eigenvalue weighted by Gasteiger charge is -2.37. The molecule has 0 amide bonds. The lowest BCUT2D eigenvalue weighted by Crippen LogP contribution is -2.53. The first-order chi connectivity index (χ1) is 8.04. The lowest BCUT2D eigenvalue weighted by atomic mass is 10.1. The largest absolute Gasteiger partial charge is 0.311 e. The van der Waals surface area contributed by atoms with Gasteiger partial charge in [0.2, 0.25) is 0 Å². The lowest BCUT2D eigenvalue weighted by molar-refractivity contribution is 0.138. The van der Waals surface area contributed by atoms with E-state index in [0.717, 1.165) is 25.2 Å². The Hall–Kier alpha value is -0.350. The van der Waals surface area contributed by atoms with Gasteiger partial charge in [0.25, 0.3) is 0 Å². The van der Waals surface area contributed by atoms with E-state index in [1.807, 2.05) is 6.07 Å². The number of piperazine rings is 1. The van der Waals surface area contributed by atoms with E-state index in [-0.39, 0.29) is 18.2 Å². The zero-order chi connectivity index (χ0) is 12.4. The highest BCUT2D eigenvalue weighted by atomic mass is 35.5. The van der Waals surface area contributed by atoms with Crippen LogP contribution in [0.15, 0.2) is 18.2 Å². The fraction of sp³-hybridized carbons (Fsp3) is 0.538. The first kappa shape index (κ1) is 15.7. The highest BCUT2D eigenvalue weighted by Gasteiger charge is 2.22. The Balaban J connectivity index is 0.00000162. The van der Waals surface area contributed by atoms with E-state index in [0.29, 0.717) is 17.1 Å². The predicted molar refractivity (Wildman–Crippen MR) is 76.0 cm³/mol. The summed E-state index contributed by atoms with van der Waals surface area (Å²) >= 11 is 5.86. The molecule has 1 aliphatic heterocycles. The van der Waals surface area contributed by atoms with Crippen LogP contribution in [0.3, 0.4) is 0 Å². The Morgan fingerprint density at radius 1 is 1.39 bits per heavy atom. The average molecular weight is 293 g/mol. The summed E-state index contributed by atoms with van der Waals surface area (Å²) in [6.45, 7) is 7.06. The predicted octanol–water partition coefficient (Wildman–Crippen LogP) is 3.08. The smallest absolute Gasteiger partial charge is 0.125 e. The third kappa shape index (κ3) is 4.09. The maximum absolute atomic E-state index is 13.2. The molecule has 0 aliphatic carbocycles. The minimum absolute atomic E-state index is 0. The summed E-state index contributed by atoms with van der Waals surface area (Å²) in [6, 6.07) is 5.69. The maximum Gasteiger partial charge on any atom is 0.125 e. The van der Waals surface area contributed by atoms with E-state index in [4.69, 9.17) is 11.6 Å². The molecule has 1 aliphatic rings. The van der Waals surface area contributed by atoms with Crippen molar-refractivity contribution in [2.45, 2.75) is 32.5 Å². The Kier molecular flexibility index (Phi) is 5.86. The van der Waals surface area contributed by atoms with Crippen LogP contribution in [0.1, 0.15) is 19.4 Å². The second-order valence-corrected chi connectivity index (χ2v) is 5.30. The van der Waals surface area contributed by atoms with Gasteiger partial charge in [-0.05, 0) is 37.6 Å². The van der Waals surface area contributed by atoms with E-state index in [9.17, 15) is 4.39 Å². The van der Waals surface area contributed by atoms with Crippen LogP contribution in [0.2, 0.25) is 5.02 Å². The molecule has 2 nitrogen and oxygen atoms in total. The van der Waals surface area contributed by atoms with Gasteiger partial charge in [0.15, 0.2) is 0 Å². The SMILES string of the molecule is CC1CN(Cc2cc(F)cc(Cl)c2)C(C)CN1.Cl. The van der Waals surface area contributed by atoms with Gasteiger partial charge in [-0.25, -0.2) is 4.39 Å². The molecular formula is C13H19Cl2FN2. The molecule has 2 atom stereocenters. The van der Waals surface area contributed by atoms with Crippen molar-refractivity contribution in [3.63, 3.8) is 0 Å². The highest BCUT2D eigenvalue weighted by molar-refractivity contribution is 6.30. The van der Waals surface area contributed by atoms with Crippen molar-refractivity contribution < 1.29 is 4.39 Å². The van der Waals surface area contributed by atoms with Crippen LogP contribution in [0.4, 0.5) is 4.39 Å². The number of nitrogens with one attached hydrogen (secondary N) is 1. The monoisotopic (exact) mass is 292 g/mol. The molecule has 1 N–H and O–H groups in total. The van der Waals surface area contributed by atoms with E-state index in [1.165, 1.54) is 6.07 Å². The molecular weight excluding hydrogens is 274 g/mol. The molecule has 1 saturated heterocycles. The topological polar surface area (TPSA) is 15.3 Å². The molecule has 1 aromatic carbocycles. The number of benzene rings is 1. The van der Waals surface area contributed by atoms with Crippen molar-refractivity contribution in [2.24, 2.45) is 0 Å². The maximum atomic E-state index is 13.2. The number of hydrogen-bond donors (Lipinski definition) is 1. The van der Waals surface area contributed by atoms with E-state index in [1.54, 1.807) is 6.07 Å². The summed E-state index contributed by atoms with van der Waals surface area (Å²) in [6.07, 6.45) is 0. The standard InChI is InChI=1S/C13H18ClFN2.ClH/c1-9-7-17(10(2)6-16-9)8-11-3-12(14)5-13(15)4-11;/h3-5,9-10,16H,6-8H2,1-2H3;1H. The number of hydrogen-bond acceptors (Lipinski definition) is 2. The van der Waals surface area contributed by atoms with Crippen LogP contribution in [-0.4, -0.2) is 30.1 Å². The van der Waals surface area contributed by atoms with Gasteiger partial charge in [0, 0.05) is 36.7 Å².